The summed E-state index contributed by atoms with van der Waals surface area (Å²) in [4.78, 5) is 30.2. The molecule has 7 nitrogen and oxygen atoms in total. The number of nitrogens with zero attached hydrogens (tertiary/aromatic N) is 3. The first-order valence-corrected chi connectivity index (χ1v) is 12.3. The fourth-order valence-corrected chi connectivity index (χ4v) is 5.58. The largest absolute Gasteiger partial charge is 0.349 e. The first-order valence-electron chi connectivity index (χ1n) is 12.0. The van der Waals surface area contributed by atoms with E-state index in [0.29, 0.717) is 30.5 Å². The van der Waals surface area contributed by atoms with Gasteiger partial charge in [0.1, 0.15) is 17.2 Å². The molecule has 2 amide bonds. The van der Waals surface area contributed by atoms with Crippen LogP contribution in [0, 0.1) is 23.5 Å². The maximum absolute atomic E-state index is 14.9. The van der Waals surface area contributed by atoms with Crippen LogP contribution >= 0.6 is 11.6 Å². The van der Waals surface area contributed by atoms with Gasteiger partial charge in [-0.05, 0) is 56.2 Å². The van der Waals surface area contributed by atoms with Crippen LogP contribution in [0.3, 0.4) is 0 Å². The second-order valence-corrected chi connectivity index (χ2v) is 9.82. The summed E-state index contributed by atoms with van der Waals surface area (Å²) in [6, 6.07) is 3.09. The Morgan fingerprint density at radius 3 is 2.74 bits per heavy atom. The normalized spacial score (nSPS) is 21.3. The van der Waals surface area contributed by atoms with Crippen molar-refractivity contribution in [2.24, 2.45) is 11.8 Å². The number of fused-ring (bicyclic) bond motifs is 1. The second-order valence-electron chi connectivity index (χ2n) is 9.41. The number of hydrogen-bond donors (Lipinski definition) is 2. The summed E-state index contributed by atoms with van der Waals surface area (Å²) in [5.74, 6) is -2.49. The van der Waals surface area contributed by atoms with Crippen molar-refractivity contribution in [2.45, 2.75) is 57.0 Å². The molecule has 0 saturated heterocycles. The highest BCUT2D eigenvalue weighted by molar-refractivity contribution is 6.30. The second kappa shape index (κ2) is 9.89. The summed E-state index contributed by atoms with van der Waals surface area (Å²) >= 11 is 5.94. The van der Waals surface area contributed by atoms with Crippen LogP contribution in [0.1, 0.15) is 66.9 Å². The van der Waals surface area contributed by atoms with Crippen LogP contribution in [0.25, 0.3) is 5.65 Å². The van der Waals surface area contributed by atoms with Crippen LogP contribution < -0.4 is 10.6 Å². The van der Waals surface area contributed by atoms with Gasteiger partial charge in [0, 0.05) is 29.9 Å². The van der Waals surface area contributed by atoms with Gasteiger partial charge < -0.3 is 10.6 Å². The van der Waals surface area contributed by atoms with Gasteiger partial charge in [0.05, 0.1) is 17.3 Å². The van der Waals surface area contributed by atoms with E-state index in [-0.39, 0.29) is 40.3 Å². The molecular weight excluding hydrogens is 476 g/mol. The van der Waals surface area contributed by atoms with Crippen molar-refractivity contribution in [2.75, 3.05) is 0 Å². The third-order valence-corrected chi connectivity index (χ3v) is 7.51. The average Bonchev–Trinajstić information content (AvgIpc) is 3.62. The molecule has 184 valence electrons. The molecule has 0 bridgehead atoms. The summed E-state index contributed by atoms with van der Waals surface area (Å²) in [5, 5.41) is 9.89. The van der Waals surface area contributed by atoms with E-state index in [9.17, 15) is 18.4 Å². The number of nitrogens with one attached hydrogen (secondary N) is 2. The van der Waals surface area contributed by atoms with E-state index >= 15 is 0 Å². The summed E-state index contributed by atoms with van der Waals surface area (Å²) < 4.78 is 31.1. The van der Waals surface area contributed by atoms with Gasteiger partial charge in [-0.2, -0.15) is 5.10 Å². The molecule has 2 aromatic heterocycles. The molecule has 2 heterocycles. The van der Waals surface area contributed by atoms with Gasteiger partial charge in [-0.3, -0.25) is 9.59 Å². The highest BCUT2D eigenvalue weighted by Gasteiger charge is 2.37. The van der Waals surface area contributed by atoms with E-state index < -0.39 is 17.7 Å². The molecule has 10 heteroatoms. The third kappa shape index (κ3) is 4.74. The van der Waals surface area contributed by atoms with Crippen LogP contribution in [0.2, 0.25) is 5.02 Å². The van der Waals surface area contributed by atoms with Crippen molar-refractivity contribution in [3.63, 3.8) is 0 Å². The lowest BCUT2D eigenvalue weighted by Gasteiger charge is -2.27. The van der Waals surface area contributed by atoms with Gasteiger partial charge >= 0.3 is 0 Å². The number of carbonyl (C=O) groups excluding carboxylic acids is 2. The lowest BCUT2D eigenvalue weighted by atomic mass is 9.90. The molecule has 0 spiro atoms. The van der Waals surface area contributed by atoms with Gasteiger partial charge in [0.15, 0.2) is 5.65 Å². The number of hydrogen-bond acceptors (Lipinski definition) is 4. The molecule has 1 unspecified atom stereocenters. The zero-order valence-electron chi connectivity index (χ0n) is 19.0. The summed E-state index contributed by atoms with van der Waals surface area (Å²) in [5.41, 5.74) is 0.662. The zero-order chi connectivity index (χ0) is 24.5. The van der Waals surface area contributed by atoms with Gasteiger partial charge in [0.25, 0.3) is 5.91 Å². The highest BCUT2D eigenvalue weighted by Crippen LogP contribution is 2.39. The lowest BCUT2D eigenvalue weighted by Crippen LogP contribution is -2.38. The fraction of sp³-hybridized carbons (Fsp3) is 0.440. The van der Waals surface area contributed by atoms with Crippen molar-refractivity contribution >= 4 is 29.1 Å². The smallest absolute Gasteiger partial charge is 0.256 e. The van der Waals surface area contributed by atoms with Crippen molar-refractivity contribution in [1.29, 1.82) is 0 Å². The maximum atomic E-state index is 14.9. The number of aromatic nitrogens is 3. The Morgan fingerprint density at radius 1 is 1.14 bits per heavy atom. The van der Waals surface area contributed by atoms with Gasteiger partial charge in [0.2, 0.25) is 5.91 Å². The molecule has 5 rings (SSSR count). The van der Waals surface area contributed by atoms with Crippen molar-refractivity contribution in [3.8, 4) is 0 Å². The molecule has 0 radical (unpaired) electrons. The van der Waals surface area contributed by atoms with Crippen molar-refractivity contribution in [3.05, 3.63) is 64.6 Å². The Morgan fingerprint density at radius 2 is 1.94 bits per heavy atom. The van der Waals surface area contributed by atoms with E-state index in [1.54, 1.807) is 18.5 Å². The van der Waals surface area contributed by atoms with Crippen molar-refractivity contribution in [1.82, 2.24) is 25.2 Å². The Hall–Kier alpha value is -3.07. The predicted molar refractivity (Wildman–Crippen MR) is 126 cm³/mol. The molecular formula is C25H26ClF2N5O2. The predicted octanol–water partition coefficient (Wildman–Crippen LogP) is 4.61. The summed E-state index contributed by atoms with van der Waals surface area (Å²) in [7, 11) is 0. The number of halogens is 3. The minimum absolute atomic E-state index is 0.0542. The molecule has 3 atom stereocenters. The third-order valence-electron chi connectivity index (χ3n) is 7.22. The highest BCUT2D eigenvalue weighted by atomic mass is 35.5. The quantitative estimate of drug-likeness (QED) is 0.483. The van der Waals surface area contributed by atoms with E-state index in [4.69, 9.17) is 11.6 Å². The minimum atomic E-state index is -0.817. The average molecular weight is 502 g/mol. The minimum Gasteiger partial charge on any atom is -0.349 e. The molecule has 3 aromatic rings. The van der Waals surface area contributed by atoms with Crippen LogP contribution in [0.15, 0.2) is 36.8 Å². The standard InChI is InChI=1S/C25H26ClF2N5O2/c26-18-8-9-19(27)20(21(18)28)22(14-4-1-2-5-14)32-24(34)15-6-7-16(12-15)31-25(35)17-13-30-33-11-3-10-29-23(17)33/h3,8-11,13-16,22H,1-2,4-7,12H2,(H,31,35)(H,32,34)/t15-,16?,22+/m1/s1. The topological polar surface area (TPSA) is 88.4 Å². The molecule has 0 aliphatic heterocycles. The number of rotatable bonds is 6. The van der Waals surface area contributed by atoms with Crippen LogP contribution in [0.5, 0.6) is 0 Å². The Balaban J connectivity index is 1.27. The maximum Gasteiger partial charge on any atom is 0.256 e. The van der Waals surface area contributed by atoms with E-state index in [1.807, 2.05) is 0 Å². The van der Waals surface area contributed by atoms with E-state index in [2.05, 4.69) is 20.7 Å². The van der Waals surface area contributed by atoms with Gasteiger partial charge in [-0.25, -0.2) is 18.3 Å². The van der Waals surface area contributed by atoms with Crippen molar-refractivity contribution < 1.29 is 18.4 Å². The molecule has 2 N–H and O–H groups in total. The van der Waals surface area contributed by atoms with Gasteiger partial charge in [-0.1, -0.05) is 24.4 Å². The van der Waals surface area contributed by atoms with E-state index in [0.717, 1.165) is 31.7 Å². The SMILES string of the molecule is O=C(NC1CC[C@@H](C(=O)N[C@H](c2c(F)ccc(Cl)c2F)C2CCCC2)C1)c1cnn2cccnc12. The molecule has 2 aliphatic carbocycles. The zero-order valence-corrected chi connectivity index (χ0v) is 19.8. The Kier molecular flexibility index (Phi) is 6.69. The Bertz CT molecular complexity index is 1260. The van der Waals surface area contributed by atoms with Gasteiger partial charge in [-0.15, -0.1) is 0 Å². The first kappa shape index (κ1) is 23.7. The number of amides is 2. The number of carbonyl (C=O) groups is 2. The summed E-state index contributed by atoms with van der Waals surface area (Å²) in [6.07, 6.45) is 9.90. The molecule has 2 saturated carbocycles. The molecule has 2 fully saturated rings. The van der Waals surface area contributed by atoms with Crippen LogP contribution in [-0.2, 0) is 4.79 Å². The summed E-state index contributed by atoms with van der Waals surface area (Å²) in [6.45, 7) is 0. The first-order chi connectivity index (χ1) is 16.9. The monoisotopic (exact) mass is 501 g/mol. The Labute approximate surface area is 206 Å². The number of benzene rings is 1. The fourth-order valence-electron chi connectivity index (χ4n) is 5.42. The molecule has 35 heavy (non-hydrogen) atoms. The lowest BCUT2D eigenvalue weighted by molar-refractivity contribution is -0.126. The van der Waals surface area contributed by atoms with Crippen LogP contribution in [-0.4, -0.2) is 32.5 Å². The van der Waals surface area contributed by atoms with E-state index in [1.165, 1.54) is 16.8 Å². The molecule has 1 aromatic carbocycles. The van der Waals surface area contributed by atoms with Crippen LogP contribution in [0.4, 0.5) is 8.78 Å². The molecule has 2 aliphatic rings.